The van der Waals surface area contributed by atoms with E-state index in [9.17, 15) is 0 Å². The number of piperidine rings is 1. The minimum atomic E-state index is 0. The molecule has 0 radical (unpaired) electrons. The van der Waals surface area contributed by atoms with Crippen molar-refractivity contribution in [2.24, 2.45) is 5.92 Å². The van der Waals surface area contributed by atoms with E-state index in [-0.39, 0.29) is 24.8 Å². The Morgan fingerprint density at radius 1 is 0.880 bits per heavy atom. The average molecular weight is 381 g/mol. The number of ether oxygens (including phenoxy) is 1. The Kier molecular flexibility index (Phi) is 10.6. The molecule has 5 heteroatoms. The average Bonchev–Trinajstić information content (AvgIpc) is 2.63. The first-order valence-corrected chi connectivity index (χ1v) is 8.57. The maximum absolute atomic E-state index is 5.82. The Bertz CT molecular complexity index is 572. The van der Waals surface area contributed by atoms with Gasteiger partial charge in [-0.3, -0.25) is 0 Å². The molecule has 1 fully saturated rings. The zero-order chi connectivity index (χ0) is 15.7. The molecular weight excluding hydrogens is 355 g/mol. The van der Waals surface area contributed by atoms with Gasteiger partial charge in [0.2, 0.25) is 0 Å². The van der Waals surface area contributed by atoms with Gasteiger partial charge in [0.05, 0.1) is 0 Å². The van der Waals surface area contributed by atoms with Crippen LogP contribution >= 0.6 is 0 Å². The molecule has 3 rings (SSSR count). The largest absolute Gasteiger partial charge is 1.00 e. The second-order valence-electron chi connectivity index (χ2n) is 6.24. The van der Waals surface area contributed by atoms with Gasteiger partial charge in [-0.1, -0.05) is 42.5 Å². The molecule has 0 unspecified atom stereocenters. The lowest BCUT2D eigenvalue weighted by molar-refractivity contribution is -0.001000. The maximum atomic E-state index is 5.82. The van der Waals surface area contributed by atoms with Crippen LogP contribution < -0.4 is 40.2 Å². The number of rotatable bonds is 7. The van der Waals surface area contributed by atoms with Crippen LogP contribution in [0, 0.1) is 5.92 Å². The van der Waals surface area contributed by atoms with Gasteiger partial charge in [-0.15, -0.1) is 0 Å². The molecular formula is C20H26Cl2N2O-2. The summed E-state index contributed by atoms with van der Waals surface area (Å²) >= 11 is 0. The van der Waals surface area contributed by atoms with Gasteiger partial charge in [-0.25, -0.2) is 0 Å². The van der Waals surface area contributed by atoms with Crippen molar-refractivity contribution in [3.8, 4) is 5.75 Å². The molecule has 0 aromatic heterocycles. The molecule has 1 saturated heterocycles. The Labute approximate surface area is 163 Å². The van der Waals surface area contributed by atoms with Gasteiger partial charge in [0.25, 0.3) is 0 Å². The lowest BCUT2D eigenvalue weighted by Gasteiger charge is -2.22. The first kappa shape index (κ1) is 21.8. The van der Waals surface area contributed by atoms with Crippen molar-refractivity contribution in [3.05, 3.63) is 65.7 Å². The predicted molar refractivity (Wildman–Crippen MR) is 94.5 cm³/mol. The fourth-order valence-electron chi connectivity index (χ4n) is 2.95. The molecule has 1 heterocycles. The summed E-state index contributed by atoms with van der Waals surface area (Å²) in [6.45, 7) is 5.00. The Morgan fingerprint density at radius 2 is 1.56 bits per heavy atom. The molecule has 0 aliphatic carbocycles. The van der Waals surface area contributed by atoms with Gasteiger partial charge in [0.15, 0.2) is 0 Å². The van der Waals surface area contributed by atoms with Crippen molar-refractivity contribution in [2.75, 3.05) is 19.6 Å². The lowest BCUT2D eigenvalue weighted by atomic mass is 9.98. The molecule has 1 aliphatic rings. The number of hydrogen-bond donors (Lipinski definition) is 2. The number of hydrogen-bond acceptors (Lipinski definition) is 3. The van der Waals surface area contributed by atoms with Crippen LogP contribution in [0.1, 0.15) is 24.0 Å². The van der Waals surface area contributed by atoms with Gasteiger partial charge in [0.1, 0.15) is 12.4 Å². The van der Waals surface area contributed by atoms with Crippen molar-refractivity contribution in [2.45, 2.75) is 26.0 Å². The minimum absolute atomic E-state index is 0. The third-order valence-corrected chi connectivity index (χ3v) is 4.39. The third kappa shape index (κ3) is 7.66. The second-order valence-corrected chi connectivity index (χ2v) is 6.24. The van der Waals surface area contributed by atoms with Crippen molar-refractivity contribution in [1.29, 1.82) is 0 Å². The highest BCUT2D eigenvalue weighted by molar-refractivity contribution is 5.27. The van der Waals surface area contributed by atoms with E-state index < -0.39 is 0 Å². The maximum Gasteiger partial charge on any atom is 0.119 e. The molecule has 138 valence electrons. The van der Waals surface area contributed by atoms with Crippen molar-refractivity contribution in [1.82, 2.24) is 10.6 Å². The minimum Gasteiger partial charge on any atom is -1.00 e. The van der Waals surface area contributed by atoms with E-state index in [0.29, 0.717) is 6.61 Å². The fraction of sp³-hybridized carbons (Fsp3) is 0.400. The van der Waals surface area contributed by atoms with Crippen LogP contribution in [0.2, 0.25) is 0 Å². The lowest BCUT2D eigenvalue weighted by Crippen LogP contribution is -3.00. The van der Waals surface area contributed by atoms with E-state index in [0.717, 1.165) is 24.8 Å². The predicted octanol–water partition coefficient (Wildman–Crippen LogP) is -2.64. The topological polar surface area (TPSA) is 33.3 Å². The first-order chi connectivity index (χ1) is 11.4. The molecule has 0 atom stereocenters. The van der Waals surface area contributed by atoms with Crippen LogP contribution in [0.3, 0.4) is 0 Å². The zero-order valence-electron chi connectivity index (χ0n) is 14.4. The van der Waals surface area contributed by atoms with Crippen LogP contribution in [0.15, 0.2) is 54.6 Å². The molecule has 2 N–H and O–H groups in total. The summed E-state index contributed by atoms with van der Waals surface area (Å²) in [5.74, 6) is 1.75. The normalized spacial score (nSPS) is 14.2. The molecule has 2 aromatic rings. The molecule has 3 nitrogen and oxygen atoms in total. The molecule has 0 spiro atoms. The molecule has 25 heavy (non-hydrogen) atoms. The third-order valence-electron chi connectivity index (χ3n) is 4.39. The van der Waals surface area contributed by atoms with Crippen molar-refractivity contribution >= 4 is 0 Å². The Morgan fingerprint density at radius 3 is 2.24 bits per heavy atom. The molecule has 0 saturated carbocycles. The Hall–Kier alpha value is -1.26. The van der Waals surface area contributed by atoms with E-state index in [1.165, 1.54) is 37.1 Å². The van der Waals surface area contributed by atoms with Crippen molar-refractivity contribution in [3.63, 3.8) is 0 Å². The fourth-order valence-corrected chi connectivity index (χ4v) is 2.95. The SMILES string of the molecule is [Cl-].[Cl-].c1ccc(COc2ccc(CNCC3CCNCC3)cc2)cc1. The molecule has 2 aromatic carbocycles. The van der Waals surface area contributed by atoms with Gasteiger partial charge in [-0.05, 0) is 61.7 Å². The van der Waals surface area contributed by atoms with Crippen LogP contribution in [-0.2, 0) is 13.2 Å². The Balaban J connectivity index is 0.00000156. The van der Waals surface area contributed by atoms with Gasteiger partial charge in [-0.2, -0.15) is 0 Å². The smallest absolute Gasteiger partial charge is 0.119 e. The van der Waals surface area contributed by atoms with Gasteiger partial charge in [0, 0.05) is 6.54 Å². The quantitative estimate of drug-likeness (QED) is 0.551. The summed E-state index contributed by atoms with van der Waals surface area (Å²) in [7, 11) is 0. The van der Waals surface area contributed by atoms with Crippen LogP contribution in [0.25, 0.3) is 0 Å². The van der Waals surface area contributed by atoms with Crippen LogP contribution in [-0.4, -0.2) is 19.6 Å². The summed E-state index contributed by atoms with van der Waals surface area (Å²) in [5, 5.41) is 6.99. The summed E-state index contributed by atoms with van der Waals surface area (Å²) in [5.41, 5.74) is 2.51. The van der Waals surface area contributed by atoms with Crippen LogP contribution in [0.5, 0.6) is 5.75 Å². The van der Waals surface area contributed by atoms with E-state index in [4.69, 9.17) is 4.74 Å². The monoisotopic (exact) mass is 380 g/mol. The van der Waals surface area contributed by atoms with E-state index >= 15 is 0 Å². The summed E-state index contributed by atoms with van der Waals surface area (Å²) in [4.78, 5) is 0. The molecule has 1 aliphatic heterocycles. The molecule has 0 bridgehead atoms. The number of nitrogens with one attached hydrogen (secondary N) is 2. The zero-order valence-corrected chi connectivity index (χ0v) is 15.9. The number of halogens is 2. The van der Waals surface area contributed by atoms with E-state index in [1.807, 2.05) is 18.2 Å². The van der Waals surface area contributed by atoms with E-state index in [1.54, 1.807) is 0 Å². The second kappa shape index (κ2) is 12.2. The van der Waals surface area contributed by atoms with Gasteiger partial charge >= 0.3 is 0 Å². The highest BCUT2D eigenvalue weighted by atomic mass is 35.5. The molecule has 0 amide bonds. The first-order valence-electron chi connectivity index (χ1n) is 8.57. The van der Waals surface area contributed by atoms with Gasteiger partial charge < -0.3 is 40.2 Å². The standard InChI is InChI=1S/C20H26N2O.2ClH/c1-2-4-19(5-3-1)16-23-20-8-6-17(7-9-20)14-22-15-18-10-12-21-13-11-18;;/h1-9,18,21-22H,10-16H2;2*1H/p-2. The number of benzene rings is 2. The van der Waals surface area contributed by atoms with E-state index in [2.05, 4.69) is 47.0 Å². The highest BCUT2D eigenvalue weighted by Gasteiger charge is 2.11. The van der Waals surface area contributed by atoms with Crippen molar-refractivity contribution < 1.29 is 29.6 Å². The summed E-state index contributed by atoms with van der Waals surface area (Å²) in [6, 6.07) is 18.7. The summed E-state index contributed by atoms with van der Waals surface area (Å²) < 4.78 is 5.82. The van der Waals surface area contributed by atoms with Crippen LogP contribution in [0.4, 0.5) is 0 Å². The highest BCUT2D eigenvalue weighted by Crippen LogP contribution is 2.15. The summed E-state index contributed by atoms with van der Waals surface area (Å²) in [6.07, 6.45) is 2.58.